The Labute approximate surface area is 162 Å². The summed E-state index contributed by atoms with van der Waals surface area (Å²) in [5.41, 5.74) is 0.930. The summed E-state index contributed by atoms with van der Waals surface area (Å²) in [5, 5.41) is 0.476. The standard InChI is InChI=1S/C19H23N3O4S/c1-19(2,3)26-16(23)8-6-12-25-17(24)13-27-18-21-11-9-15(22-18)14-7-4-5-10-20-14/h4-5,7,9-11H,6,8,12-13H2,1-3H3. The van der Waals surface area contributed by atoms with Gasteiger partial charge in [-0.05, 0) is 45.4 Å². The summed E-state index contributed by atoms with van der Waals surface area (Å²) in [6, 6.07) is 7.34. The third kappa shape index (κ3) is 8.17. The van der Waals surface area contributed by atoms with Gasteiger partial charge in [0.25, 0.3) is 0 Å². The van der Waals surface area contributed by atoms with E-state index in [9.17, 15) is 9.59 Å². The Bertz CT molecular complexity index is 763. The summed E-state index contributed by atoms with van der Waals surface area (Å²) in [7, 11) is 0. The first-order valence-electron chi connectivity index (χ1n) is 8.58. The molecule has 0 bridgehead atoms. The Balaban J connectivity index is 1.71. The molecule has 27 heavy (non-hydrogen) atoms. The number of nitrogens with zero attached hydrogens (tertiary/aromatic N) is 3. The maximum Gasteiger partial charge on any atom is 0.316 e. The Morgan fingerprint density at radius 1 is 1.04 bits per heavy atom. The van der Waals surface area contributed by atoms with Crippen molar-refractivity contribution in [2.75, 3.05) is 12.4 Å². The highest BCUT2D eigenvalue weighted by molar-refractivity contribution is 7.99. The summed E-state index contributed by atoms with van der Waals surface area (Å²) >= 11 is 1.19. The van der Waals surface area contributed by atoms with Crippen LogP contribution < -0.4 is 0 Å². The van der Waals surface area contributed by atoms with Crippen LogP contribution in [0.25, 0.3) is 11.4 Å². The minimum absolute atomic E-state index is 0.0953. The highest BCUT2D eigenvalue weighted by Gasteiger charge is 2.16. The molecule has 0 unspecified atom stereocenters. The number of esters is 2. The second kappa shape index (κ2) is 10.0. The van der Waals surface area contributed by atoms with Crippen molar-refractivity contribution in [3.63, 3.8) is 0 Å². The Kier molecular flexibility index (Phi) is 7.72. The van der Waals surface area contributed by atoms with E-state index in [-0.39, 0.29) is 30.7 Å². The summed E-state index contributed by atoms with van der Waals surface area (Å²) in [5.74, 6) is -0.582. The van der Waals surface area contributed by atoms with Gasteiger partial charge in [-0.25, -0.2) is 9.97 Å². The van der Waals surface area contributed by atoms with Gasteiger partial charge in [-0.2, -0.15) is 0 Å². The number of hydrogen-bond donors (Lipinski definition) is 0. The lowest BCUT2D eigenvalue weighted by atomic mass is 10.2. The quantitative estimate of drug-likeness (QED) is 0.294. The lowest BCUT2D eigenvalue weighted by Gasteiger charge is -2.19. The smallest absolute Gasteiger partial charge is 0.316 e. The van der Waals surface area contributed by atoms with Crippen LogP contribution in [0.2, 0.25) is 0 Å². The number of thioether (sulfide) groups is 1. The molecule has 0 aliphatic carbocycles. The zero-order valence-corrected chi connectivity index (χ0v) is 16.5. The second-order valence-corrected chi connectivity index (χ2v) is 7.58. The molecular weight excluding hydrogens is 366 g/mol. The number of aromatic nitrogens is 3. The van der Waals surface area contributed by atoms with Gasteiger partial charge in [0.1, 0.15) is 5.60 Å². The Morgan fingerprint density at radius 2 is 1.85 bits per heavy atom. The number of carbonyl (C=O) groups excluding carboxylic acids is 2. The molecule has 7 nitrogen and oxygen atoms in total. The SMILES string of the molecule is CC(C)(C)OC(=O)CCCOC(=O)CSc1nccc(-c2ccccn2)n1. The van der Waals surface area contributed by atoms with Gasteiger partial charge in [-0.1, -0.05) is 17.8 Å². The van der Waals surface area contributed by atoms with Gasteiger partial charge in [-0.3, -0.25) is 14.6 Å². The van der Waals surface area contributed by atoms with Crippen molar-refractivity contribution in [3.8, 4) is 11.4 Å². The van der Waals surface area contributed by atoms with Gasteiger partial charge in [0, 0.05) is 18.8 Å². The van der Waals surface area contributed by atoms with Crippen molar-refractivity contribution in [3.05, 3.63) is 36.7 Å². The number of carbonyl (C=O) groups is 2. The molecule has 0 saturated heterocycles. The third-order valence-electron chi connectivity index (χ3n) is 3.09. The van der Waals surface area contributed by atoms with Crippen LogP contribution in [0.4, 0.5) is 0 Å². The van der Waals surface area contributed by atoms with E-state index in [1.54, 1.807) is 18.5 Å². The van der Waals surface area contributed by atoms with E-state index in [0.717, 1.165) is 5.69 Å². The number of pyridine rings is 1. The molecule has 0 fully saturated rings. The van der Waals surface area contributed by atoms with Crippen LogP contribution in [0.15, 0.2) is 41.8 Å². The predicted molar refractivity (Wildman–Crippen MR) is 102 cm³/mol. The molecule has 0 N–H and O–H groups in total. The van der Waals surface area contributed by atoms with Crippen molar-refractivity contribution in [2.24, 2.45) is 0 Å². The highest BCUT2D eigenvalue weighted by atomic mass is 32.2. The fourth-order valence-electron chi connectivity index (χ4n) is 2.03. The van der Waals surface area contributed by atoms with Gasteiger partial charge >= 0.3 is 11.9 Å². The average Bonchev–Trinajstić information content (AvgIpc) is 2.63. The Hall–Kier alpha value is -2.48. The van der Waals surface area contributed by atoms with E-state index in [1.165, 1.54) is 11.8 Å². The van der Waals surface area contributed by atoms with Crippen LogP contribution >= 0.6 is 11.8 Å². The lowest BCUT2D eigenvalue weighted by molar-refractivity contribution is -0.156. The molecule has 2 aromatic rings. The lowest BCUT2D eigenvalue weighted by Crippen LogP contribution is -2.24. The topological polar surface area (TPSA) is 91.3 Å². The molecule has 0 aromatic carbocycles. The fraction of sp³-hybridized carbons (Fsp3) is 0.421. The second-order valence-electron chi connectivity index (χ2n) is 6.64. The summed E-state index contributed by atoms with van der Waals surface area (Å²) in [4.78, 5) is 36.2. The minimum Gasteiger partial charge on any atom is -0.465 e. The van der Waals surface area contributed by atoms with Gasteiger partial charge in [0.05, 0.1) is 23.7 Å². The van der Waals surface area contributed by atoms with E-state index in [4.69, 9.17) is 9.47 Å². The van der Waals surface area contributed by atoms with Gasteiger partial charge in [0.15, 0.2) is 5.16 Å². The molecule has 2 rings (SSSR count). The van der Waals surface area contributed by atoms with Crippen LogP contribution in [-0.4, -0.2) is 44.9 Å². The number of ether oxygens (including phenoxy) is 2. The van der Waals surface area contributed by atoms with Gasteiger partial charge < -0.3 is 9.47 Å². The summed E-state index contributed by atoms with van der Waals surface area (Å²) in [6.07, 6.45) is 3.97. The third-order valence-corrected chi connectivity index (χ3v) is 3.92. The molecule has 0 radical (unpaired) electrons. The summed E-state index contributed by atoms with van der Waals surface area (Å²) in [6.45, 7) is 5.61. The Morgan fingerprint density at radius 3 is 2.56 bits per heavy atom. The van der Waals surface area contributed by atoms with Crippen molar-refractivity contribution < 1.29 is 19.1 Å². The molecule has 0 spiro atoms. The van der Waals surface area contributed by atoms with Crippen molar-refractivity contribution >= 4 is 23.7 Å². The molecule has 144 valence electrons. The minimum atomic E-state index is -0.506. The van der Waals surface area contributed by atoms with Crippen LogP contribution in [0.5, 0.6) is 0 Å². The maximum atomic E-state index is 11.8. The van der Waals surface area contributed by atoms with E-state index in [2.05, 4.69) is 15.0 Å². The number of rotatable bonds is 8. The fourth-order valence-corrected chi connectivity index (χ4v) is 2.66. The first-order valence-corrected chi connectivity index (χ1v) is 9.57. The van der Waals surface area contributed by atoms with Crippen LogP contribution in [-0.2, 0) is 19.1 Å². The van der Waals surface area contributed by atoms with Crippen LogP contribution in [0.3, 0.4) is 0 Å². The van der Waals surface area contributed by atoms with Crippen molar-refractivity contribution in [1.29, 1.82) is 0 Å². The monoisotopic (exact) mass is 389 g/mol. The predicted octanol–water partition coefficient (Wildman–Crippen LogP) is 3.30. The van der Waals surface area contributed by atoms with E-state index in [0.29, 0.717) is 17.3 Å². The van der Waals surface area contributed by atoms with Crippen LogP contribution in [0.1, 0.15) is 33.6 Å². The van der Waals surface area contributed by atoms with Crippen molar-refractivity contribution in [1.82, 2.24) is 15.0 Å². The van der Waals surface area contributed by atoms with E-state index < -0.39 is 5.60 Å². The van der Waals surface area contributed by atoms with Gasteiger partial charge in [-0.15, -0.1) is 0 Å². The zero-order valence-electron chi connectivity index (χ0n) is 15.7. The molecule has 0 aliphatic heterocycles. The normalized spacial score (nSPS) is 11.1. The molecule has 0 atom stereocenters. The first kappa shape index (κ1) is 20.8. The molecule has 2 aromatic heterocycles. The van der Waals surface area contributed by atoms with Crippen molar-refractivity contribution in [2.45, 2.75) is 44.4 Å². The molecule has 8 heteroatoms. The zero-order chi connectivity index (χ0) is 19.7. The molecule has 0 saturated carbocycles. The molecule has 0 amide bonds. The number of hydrogen-bond acceptors (Lipinski definition) is 8. The average molecular weight is 389 g/mol. The maximum absolute atomic E-state index is 11.8. The largest absolute Gasteiger partial charge is 0.465 e. The van der Waals surface area contributed by atoms with E-state index in [1.807, 2.05) is 39.0 Å². The molecular formula is C19H23N3O4S. The van der Waals surface area contributed by atoms with Crippen LogP contribution in [0, 0.1) is 0 Å². The highest BCUT2D eigenvalue weighted by Crippen LogP contribution is 2.18. The van der Waals surface area contributed by atoms with Gasteiger partial charge in [0.2, 0.25) is 0 Å². The van der Waals surface area contributed by atoms with E-state index >= 15 is 0 Å². The molecule has 2 heterocycles. The summed E-state index contributed by atoms with van der Waals surface area (Å²) < 4.78 is 10.3. The molecule has 0 aliphatic rings. The first-order chi connectivity index (χ1) is 12.8.